The molecule has 1 aromatic rings. The molecule has 0 heterocycles. The van der Waals surface area contributed by atoms with Crippen molar-refractivity contribution in [2.24, 2.45) is 0 Å². The lowest BCUT2D eigenvalue weighted by atomic mass is 9.92. The molecule has 0 bridgehead atoms. The van der Waals surface area contributed by atoms with Gasteiger partial charge in [-0.15, -0.1) is 0 Å². The summed E-state index contributed by atoms with van der Waals surface area (Å²) < 4.78 is 0. The first-order chi connectivity index (χ1) is 9.34. The third-order valence-corrected chi connectivity index (χ3v) is 4.45. The summed E-state index contributed by atoms with van der Waals surface area (Å²) in [5, 5.41) is 10.6. The zero-order valence-electron chi connectivity index (χ0n) is 11.6. The van der Waals surface area contributed by atoms with Gasteiger partial charge in [-0.05, 0) is 61.1 Å². The molecular weight excluding hydrogens is 232 g/mol. The smallest absolute Gasteiger partial charge is 0.100 e. The minimum atomic E-state index is -0.378. The fourth-order valence-electron chi connectivity index (χ4n) is 3.08. The minimum Gasteiger partial charge on any atom is -0.384 e. The van der Waals surface area contributed by atoms with Crippen LogP contribution in [0.2, 0.25) is 0 Å². The molecule has 1 heteroatoms. The van der Waals surface area contributed by atoms with E-state index in [-0.39, 0.29) is 6.10 Å². The van der Waals surface area contributed by atoms with E-state index in [0.717, 1.165) is 24.3 Å². The summed E-state index contributed by atoms with van der Waals surface area (Å²) in [4.78, 5) is 0. The third-order valence-electron chi connectivity index (χ3n) is 4.45. The number of hydrogen-bond donors (Lipinski definition) is 1. The van der Waals surface area contributed by atoms with Crippen LogP contribution < -0.4 is 0 Å². The van der Waals surface area contributed by atoms with E-state index in [1.165, 1.54) is 49.7 Å². The number of aliphatic hydroxyl groups is 1. The molecule has 3 rings (SSSR count). The quantitative estimate of drug-likeness (QED) is 0.764. The van der Waals surface area contributed by atoms with Gasteiger partial charge in [-0.25, -0.2) is 0 Å². The number of hydrogen-bond acceptors (Lipinski definition) is 1. The largest absolute Gasteiger partial charge is 0.384 e. The molecule has 1 atom stereocenters. The second kappa shape index (κ2) is 5.92. The molecule has 0 aliphatic heterocycles. The Morgan fingerprint density at radius 3 is 2.74 bits per heavy atom. The first kappa shape index (κ1) is 12.9. The SMILES string of the molecule is OC(/C1=C/CCCCCC1)c1cccc(C2CC2)c1. The van der Waals surface area contributed by atoms with E-state index in [0.29, 0.717) is 0 Å². The molecule has 0 aromatic heterocycles. The van der Waals surface area contributed by atoms with E-state index in [9.17, 15) is 5.11 Å². The zero-order valence-corrected chi connectivity index (χ0v) is 11.6. The lowest BCUT2D eigenvalue weighted by molar-refractivity contribution is 0.209. The van der Waals surface area contributed by atoms with Gasteiger partial charge in [-0.1, -0.05) is 43.2 Å². The van der Waals surface area contributed by atoms with Gasteiger partial charge in [-0.3, -0.25) is 0 Å². The Kier molecular flexibility index (Phi) is 4.03. The maximum atomic E-state index is 10.6. The predicted octanol–water partition coefficient (Wildman–Crippen LogP) is 4.88. The van der Waals surface area contributed by atoms with Gasteiger partial charge in [0.25, 0.3) is 0 Å². The number of aliphatic hydroxyl groups excluding tert-OH is 1. The summed E-state index contributed by atoms with van der Waals surface area (Å²) in [6.07, 6.45) is 11.9. The fourth-order valence-corrected chi connectivity index (χ4v) is 3.08. The van der Waals surface area contributed by atoms with Crippen molar-refractivity contribution in [3.8, 4) is 0 Å². The standard InChI is InChI=1S/C18H24O/c19-18(15-7-4-2-1-3-5-8-15)17-10-6-9-16(13-17)14-11-12-14/h6-7,9-10,13-14,18-19H,1-5,8,11-12H2/b15-7+. The number of benzene rings is 1. The van der Waals surface area contributed by atoms with Crippen LogP contribution in [0.5, 0.6) is 0 Å². The Balaban J connectivity index is 1.77. The molecule has 1 saturated carbocycles. The van der Waals surface area contributed by atoms with Crippen molar-refractivity contribution >= 4 is 0 Å². The highest BCUT2D eigenvalue weighted by atomic mass is 16.3. The molecule has 1 nitrogen and oxygen atoms in total. The van der Waals surface area contributed by atoms with Crippen molar-refractivity contribution in [3.05, 3.63) is 47.0 Å². The Morgan fingerprint density at radius 1 is 1.05 bits per heavy atom. The monoisotopic (exact) mass is 256 g/mol. The summed E-state index contributed by atoms with van der Waals surface area (Å²) in [5.41, 5.74) is 3.76. The highest BCUT2D eigenvalue weighted by Crippen LogP contribution is 2.41. The summed E-state index contributed by atoms with van der Waals surface area (Å²) in [7, 11) is 0. The van der Waals surface area contributed by atoms with Gasteiger partial charge in [0.15, 0.2) is 0 Å². The molecule has 0 amide bonds. The second-order valence-corrected chi connectivity index (χ2v) is 6.08. The van der Waals surface area contributed by atoms with Crippen molar-refractivity contribution in [2.75, 3.05) is 0 Å². The zero-order chi connectivity index (χ0) is 13.1. The maximum absolute atomic E-state index is 10.6. The van der Waals surface area contributed by atoms with E-state index >= 15 is 0 Å². The van der Waals surface area contributed by atoms with Gasteiger partial charge in [0.05, 0.1) is 0 Å². The summed E-state index contributed by atoms with van der Waals surface area (Å²) in [5.74, 6) is 0.762. The average molecular weight is 256 g/mol. The van der Waals surface area contributed by atoms with Gasteiger partial charge in [0.2, 0.25) is 0 Å². The van der Waals surface area contributed by atoms with Crippen LogP contribution in [0.3, 0.4) is 0 Å². The van der Waals surface area contributed by atoms with E-state index in [1.807, 2.05) is 0 Å². The maximum Gasteiger partial charge on any atom is 0.100 e. The molecule has 1 unspecified atom stereocenters. The molecule has 102 valence electrons. The van der Waals surface area contributed by atoms with E-state index < -0.39 is 0 Å². The molecule has 1 N–H and O–H groups in total. The van der Waals surface area contributed by atoms with Crippen LogP contribution >= 0.6 is 0 Å². The van der Waals surface area contributed by atoms with Gasteiger partial charge in [-0.2, -0.15) is 0 Å². The van der Waals surface area contributed by atoms with Crippen LogP contribution in [-0.2, 0) is 0 Å². The summed E-state index contributed by atoms with van der Waals surface area (Å²) in [6, 6.07) is 8.62. The lowest BCUT2D eigenvalue weighted by Gasteiger charge is -2.18. The molecule has 2 aliphatic carbocycles. The van der Waals surface area contributed by atoms with Crippen molar-refractivity contribution < 1.29 is 5.11 Å². The van der Waals surface area contributed by atoms with Gasteiger partial charge in [0.1, 0.15) is 6.10 Å². The Morgan fingerprint density at radius 2 is 1.89 bits per heavy atom. The summed E-state index contributed by atoms with van der Waals surface area (Å²) in [6.45, 7) is 0. The van der Waals surface area contributed by atoms with Crippen LogP contribution in [0.1, 0.15) is 74.5 Å². The fraction of sp³-hybridized carbons (Fsp3) is 0.556. The first-order valence-electron chi connectivity index (χ1n) is 7.81. The van der Waals surface area contributed by atoms with Crippen LogP contribution in [0.25, 0.3) is 0 Å². The lowest BCUT2D eigenvalue weighted by Crippen LogP contribution is -2.04. The third kappa shape index (κ3) is 3.27. The highest BCUT2D eigenvalue weighted by molar-refractivity contribution is 5.33. The molecule has 0 saturated heterocycles. The Bertz CT molecular complexity index is 457. The van der Waals surface area contributed by atoms with E-state index in [1.54, 1.807) is 0 Å². The Labute approximate surface area is 116 Å². The molecule has 1 aromatic carbocycles. The minimum absolute atomic E-state index is 0.378. The number of rotatable bonds is 3. The average Bonchev–Trinajstić information content (AvgIpc) is 3.22. The topological polar surface area (TPSA) is 20.2 Å². The van der Waals surface area contributed by atoms with E-state index in [4.69, 9.17) is 0 Å². The van der Waals surface area contributed by atoms with E-state index in [2.05, 4.69) is 30.3 Å². The molecule has 0 spiro atoms. The molecule has 0 radical (unpaired) electrons. The number of allylic oxidation sites excluding steroid dienone is 1. The Hall–Kier alpha value is -1.08. The van der Waals surface area contributed by atoms with Crippen molar-refractivity contribution in [1.29, 1.82) is 0 Å². The van der Waals surface area contributed by atoms with Crippen LogP contribution in [0, 0.1) is 0 Å². The van der Waals surface area contributed by atoms with Gasteiger partial charge in [0, 0.05) is 0 Å². The van der Waals surface area contributed by atoms with Gasteiger partial charge < -0.3 is 5.11 Å². The van der Waals surface area contributed by atoms with Crippen molar-refractivity contribution in [1.82, 2.24) is 0 Å². The molecular formula is C18H24O. The second-order valence-electron chi connectivity index (χ2n) is 6.08. The molecule has 19 heavy (non-hydrogen) atoms. The van der Waals surface area contributed by atoms with Crippen molar-refractivity contribution in [3.63, 3.8) is 0 Å². The van der Waals surface area contributed by atoms with Crippen molar-refractivity contribution in [2.45, 2.75) is 63.4 Å². The van der Waals surface area contributed by atoms with Crippen LogP contribution in [0.15, 0.2) is 35.9 Å². The molecule has 2 aliphatic rings. The van der Waals surface area contributed by atoms with Gasteiger partial charge >= 0.3 is 0 Å². The normalized spacial score (nSPS) is 25.0. The highest BCUT2D eigenvalue weighted by Gasteiger charge is 2.24. The summed E-state index contributed by atoms with van der Waals surface area (Å²) >= 11 is 0. The van der Waals surface area contributed by atoms with Crippen LogP contribution in [0.4, 0.5) is 0 Å². The predicted molar refractivity (Wildman–Crippen MR) is 79.2 cm³/mol. The molecule has 1 fully saturated rings. The first-order valence-corrected chi connectivity index (χ1v) is 7.81. The van der Waals surface area contributed by atoms with Crippen LogP contribution in [-0.4, -0.2) is 5.11 Å².